The van der Waals surface area contributed by atoms with Crippen LogP contribution in [0.4, 0.5) is 10.5 Å². The number of hydrogen-bond acceptors (Lipinski definition) is 5. The summed E-state index contributed by atoms with van der Waals surface area (Å²) in [5.41, 5.74) is 0.368. The van der Waals surface area contributed by atoms with Gasteiger partial charge in [0.05, 0.1) is 4.90 Å². The summed E-state index contributed by atoms with van der Waals surface area (Å²) in [7, 11) is -1.77. The van der Waals surface area contributed by atoms with E-state index in [1.54, 1.807) is 11.0 Å². The first kappa shape index (κ1) is 20.6. The van der Waals surface area contributed by atoms with Crippen LogP contribution in [0.25, 0.3) is 0 Å². The molecule has 0 unspecified atom stereocenters. The first-order valence-electron chi connectivity index (χ1n) is 9.40. The van der Waals surface area contributed by atoms with Crippen molar-refractivity contribution in [1.29, 1.82) is 0 Å². The molecule has 1 aromatic rings. The second kappa shape index (κ2) is 8.46. The molecule has 10 heteroatoms. The maximum absolute atomic E-state index is 12.7. The van der Waals surface area contributed by atoms with Gasteiger partial charge in [-0.05, 0) is 38.1 Å². The largest absolute Gasteiger partial charge is 0.340 e. The van der Waals surface area contributed by atoms with Gasteiger partial charge in [-0.2, -0.15) is 0 Å². The lowest BCUT2D eigenvalue weighted by molar-refractivity contribution is -0.138. The first-order valence-corrected chi connectivity index (χ1v) is 10.9. The lowest BCUT2D eigenvalue weighted by atomic mass is 9.95. The summed E-state index contributed by atoms with van der Waals surface area (Å²) in [6, 6.07) is 5.53. The molecule has 3 amide bonds. The molecule has 2 aliphatic rings. The van der Waals surface area contributed by atoms with Crippen LogP contribution in [0.15, 0.2) is 29.2 Å². The first-order chi connectivity index (χ1) is 13.2. The molecule has 28 heavy (non-hydrogen) atoms. The summed E-state index contributed by atoms with van der Waals surface area (Å²) < 4.78 is 22.9. The van der Waals surface area contributed by atoms with Crippen molar-refractivity contribution in [3.63, 3.8) is 0 Å². The van der Waals surface area contributed by atoms with Crippen LogP contribution in [0.1, 0.15) is 12.8 Å². The van der Waals surface area contributed by atoms with Crippen LogP contribution < -0.4 is 10.5 Å². The number of nitrogens with one attached hydrogen (secondary N) is 1. The minimum atomic E-state index is -3.83. The van der Waals surface area contributed by atoms with Crippen LogP contribution in [-0.2, 0) is 14.8 Å². The van der Waals surface area contributed by atoms with E-state index in [0.29, 0.717) is 31.6 Å². The van der Waals surface area contributed by atoms with Gasteiger partial charge >= 0.3 is 6.03 Å². The van der Waals surface area contributed by atoms with Crippen LogP contribution in [0.2, 0.25) is 0 Å². The van der Waals surface area contributed by atoms with E-state index in [-0.39, 0.29) is 22.8 Å². The summed E-state index contributed by atoms with van der Waals surface area (Å²) in [4.78, 5) is 30.9. The van der Waals surface area contributed by atoms with E-state index in [9.17, 15) is 18.0 Å². The molecule has 2 aliphatic heterocycles. The molecular formula is C18H27N5O4S. The Labute approximate surface area is 165 Å². The minimum Gasteiger partial charge on any atom is -0.340 e. The Balaban J connectivity index is 1.52. The number of rotatable bonds is 3. The normalized spacial score (nSPS) is 19.5. The number of likely N-dealkylation sites (N-methyl/N-ethyl adjacent to an activating group) is 1. The predicted octanol–water partition coefficient (Wildman–Crippen LogP) is 0.352. The number of amides is 3. The van der Waals surface area contributed by atoms with Crippen molar-refractivity contribution in [3.8, 4) is 0 Å². The molecule has 3 rings (SSSR count). The van der Waals surface area contributed by atoms with Gasteiger partial charge in [0.1, 0.15) is 0 Å². The molecule has 0 bridgehead atoms. The second-order valence-electron chi connectivity index (χ2n) is 7.39. The standard InChI is InChI=1S/C18H27N5O4S/c1-21-9-11-22(12-10-21)17(24)14-5-7-23(8-6-14)18(25)20-15-3-2-4-16(13-15)28(19,26)27/h2-4,13-14H,5-12H2,1H3,(H,20,25)(H2,19,26,27). The summed E-state index contributed by atoms with van der Waals surface area (Å²) in [6.07, 6.45) is 1.27. The Kier molecular flexibility index (Phi) is 6.21. The number of nitrogens with zero attached hydrogens (tertiary/aromatic N) is 3. The zero-order valence-corrected chi connectivity index (χ0v) is 16.8. The van der Waals surface area contributed by atoms with Gasteiger partial charge in [0.25, 0.3) is 0 Å². The fourth-order valence-electron chi connectivity index (χ4n) is 3.57. The Morgan fingerprint density at radius 1 is 1.04 bits per heavy atom. The molecule has 0 spiro atoms. The highest BCUT2D eigenvalue weighted by molar-refractivity contribution is 7.89. The highest BCUT2D eigenvalue weighted by atomic mass is 32.2. The van der Waals surface area contributed by atoms with Crippen molar-refractivity contribution in [2.75, 3.05) is 51.6 Å². The number of hydrogen-bond donors (Lipinski definition) is 2. The predicted molar refractivity (Wildman–Crippen MR) is 105 cm³/mol. The van der Waals surface area contributed by atoms with E-state index in [0.717, 1.165) is 26.2 Å². The number of primary sulfonamides is 1. The molecule has 0 atom stereocenters. The number of urea groups is 1. The quantitative estimate of drug-likeness (QED) is 0.747. The molecule has 0 radical (unpaired) electrons. The third-order valence-corrected chi connectivity index (χ3v) is 6.27. The number of benzene rings is 1. The smallest absolute Gasteiger partial charge is 0.321 e. The average Bonchev–Trinajstić information content (AvgIpc) is 2.68. The average molecular weight is 410 g/mol. The third kappa shape index (κ3) is 5.00. The molecular weight excluding hydrogens is 382 g/mol. The van der Waals surface area contributed by atoms with Gasteiger partial charge in [0.2, 0.25) is 15.9 Å². The van der Waals surface area contributed by atoms with Gasteiger partial charge in [-0.3, -0.25) is 4.79 Å². The number of piperidine rings is 1. The second-order valence-corrected chi connectivity index (χ2v) is 8.95. The van der Waals surface area contributed by atoms with Crippen LogP contribution in [0.3, 0.4) is 0 Å². The molecule has 3 N–H and O–H groups in total. The van der Waals surface area contributed by atoms with E-state index in [1.165, 1.54) is 18.2 Å². The van der Waals surface area contributed by atoms with Gasteiger partial charge in [-0.25, -0.2) is 18.4 Å². The number of likely N-dealkylation sites (tertiary alicyclic amines) is 1. The molecule has 2 heterocycles. The Hall–Kier alpha value is -2.17. The van der Waals surface area contributed by atoms with Crippen molar-refractivity contribution < 1.29 is 18.0 Å². The summed E-state index contributed by atoms with van der Waals surface area (Å²) >= 11 is 0. The minimum absolute atomic E-state index is 0.0434. The molecule has 0 saturated carbocycles. The zero-order chi connectivity index (χ0) is 20.3. The van der Waals surface area contributed by atoms with Gasteiger partial charge in [0.15, 0.2) is 0 Å². The number of anilines is 1. The SMILES string of the molecule is CN1CCN(C(=O)C2CCN(C(=O)Nc3cccc(S(N)(=O)=O)c3)CC2)CC1. The van der Waals surface area contributed by atoms with Crippen LogP contribution in [-0.4, -0.2) is 81.4 Å². The lowest BCUT2D eigenvalue weighted by Crippen LogP contribution is -2.51. The lowest BCUT2D eigenvalue weighted by Gasteiger charge is -2.37. The topological polar surface area (TPSA) is 116 Å². The number of carbonyl (C=O) groups excluding carboxylic acids is 2. The summed E-state index contributed by atoms with van der Waals surface area (Å²) in [5, 5.41) is 7.83. The molecule has 0 aliphatic carbocycles. The number of carbonyl (C=O) groups is 2. The number of piperazine rings is 1. The van der Waals surface area contributed by atoms with E-state index in [2.05, 4.69) is 17.3 Å². The number of sulfonamides is 1. The molecule has 2 fully saturated rings. The van der Waals surface area contributed by atoms with Crippen LogP contribution >= 0.6 is 0 Å². The maximum Gasteiger partial charge on any atom is 0.321 e. The van der Waals surface area contributed by atoms with E-state index in [4.69, 9.17) is 5.14 Å². The zero-order valence-electron chi connectivity index (χ0n) is 16.0. The molecule has 2 saturated heterocycles. The van der Waals surface area contributed by atoms with Crippen molar-refractivity contribution >= 4 is 27.6 Å². The van der Waals surface area contributed by atoms with Gasteiger partial charge in [-0.1, -0.05) is 6.07 Å². The summed E-state index contributed by atoms with van der Waals surface area (Å²) in [6.45, 7) is 4.29. The molecule has 9 nitrogen and oxygen atoms in total. The maximum atomic E-state index is 12.7. The van der Waals surface area contributed by atoms with Crippen molar-refractivity contribution in [2.45, 2.75) is 17.7 Å². The van der Waals surface area contributed by atoms with E-state index >= 15 is 0 Å². The van der Waals surface area contributed by atoms with Crippen molar-refractivity contribution in [1.82, 2.24) is 14.7 Å². The number of nitrogens with two attached hydrogens (primary N) is 1. The Morgan fingerprint density at radius 2 is 1.68 bits per heavy atom. The third-order valence-electron chi connectivity index (χ3n) is 5.36. The molecule has 154 valence electrons. The van der Waals surface area contributed by atoms with Crippen LogP contribution in [0.5, 0.6) is 0 Å². The summed E-state index contributed by atoms with van der Waals surface area (Å²) in [5.74, 6) is 0.146. The molecule has 1 aromatic carbocycles. The highest BCUT2D eigenvalue weighted by Crippen LogP contribution is 2.22. The Bertz CT molecular complexity index is 828. The van der Waals surface area contributed by atoms with E-state index in [1.807, 2.05) is 4.90 Å². The fourth-order valence-corrected chi connectivity index (χ4v) is 4.13. The fraction of sp³-hybridized carbons (Fsp3) is 0.556. The van der Waals surface area contributed by atoms with Gasteiger partial charge in [-0.15, -0.1) is 0 Å². The van der Waals surface area contributed by atoms with E-state index < -0.39 is 10.0 Å². The monoisotopic (exact) mass is 409 g/mol. The Morgan fingerprint density at radius 3 is 2.29 bits per heavy atom. The van der Waals surface area contributed by atoms with Gasteiger partial charge in [0, 0.05) is 50.9 Å². The molecule has 0 aromatic heterocycles. The highest BCUT2D eigenvalue weighted by Gasteiger charge is 2.31. The van der Waals surface area contributed by atoms with Crippen molar-refractivity contribution in [2.24, 2.45) is 11.1 Å². The van der Waals surface area contributed by atoms with Crippen LogP contribution in [0, 0.1) is 5.92 Å². The van der Waals surface area contributed by atoms with Crippen molar-refractivity contribution in [3.05, 3.63) is 24.3 Å². The van der Waals surface area contributed by atoms with Gasteiger partial charge < -0.3 is 20.0 Å².